The fourth-order valence-electron chi connectivity index (χ4n) is 4.29. The number of carbonyl (C=O) groups excluding carboxylic acids is 1. The summed E-state index contributed by atoms with van der Waals surface area (Å²) in [6, 6.07) is 9.80. The lowest BCUT2D eigenvalue weighted by Crippen LogP contribution is -2.45. The first-order chi connectivity index (χ1) is 14.9. The van der Waals surface area contributed by atoms with Gasteiger partial charge in [0, 0.05) is 18.7 Å². The molecule has 3 N–H and O–H groups in total. The number of sulfone groups is 1. The summed E-state index contributed by atoms with van der Waals surface area (Å²) < 4.78 is 44.3. The largest absolute Gasteiger partial charge is 0.495 e. The standard InChI is InChI=1S/C22H26FN3O4S/c1-30-20-11-16(23)4-7-21(20)31(28,29)17-5-2-14(3-6-17)12-25-22(27)19-10-15-13-24-9-8-18(15)26-19/h2-7,11,15,18-19,24,26H,8-10,12-13H2,1H3,(H,25,27). The number of nitrogens with one attached hydrogen (secondary N) is 3. The smallest absolute Gasteiger partial charge is 0.237 e. The van der Waals surface area contributed by atoms with Crippen molar-refractivity contribution in [1.29, 1.82) is 0 Å². The lowest BCUT2D eigenvalue weighted by Gasteiger charge is -2.25. The zero-order valence-corrected chi connectivity index (χ0v) is 18.0. The second-order valence-corrected chi connectivity index (χ2v) is 9.89. The van der Waals surface area contributed by atoms with Gasteiger partial charge in [0.1, 0.15) is 16.5 Å². The third kappa shape index (κ3) is 4.58. The minimum Gasteiger partial charge on any atom is -0.495 e. The van der Waals surface area contributed by atoms with E-state index in [4.69, 9.17) is 4.74 Å². The molecule has 0 saturated carbocycles. The first kappa shape index (κ1) is 21.7. The molecule has 0 radical (unpaired) electrons. The van der Waals surface area contributed by atoms with Crippen molar-refractivity contribution < 1.29 is 22.3 Å². The molecule has 3 atom stereocenters. The van der Waals surface area contributed by atoms with E-state index in [1.807, 2.05) is 0 Å². The third-order valence-electron chi connectivity index (χ3n) is 5.99. The van der Waals surface area contributed by atoms with Crippen LogP contribution in [-0.4, -0.2) is 46.6 Å². The Labute approximate surface area is 181 Å². The molecule has 9 heteroatoms. The van der Waals surface area contributed by atoms with Crippen molar-refractivity contribution in [3.8, 4) is 5.75 Å². The van der Waals surface area contributed by atoms with E-state index in [2.05, 4.69) is 16.0 Å². The predicted octanol–water partition coefficient (Wildman–Crippen LogP) is 1.62. The molecule has 2 aliphatic heterocycles. The average molecular weight is 448 g/mol. The van der Waals surface area contributed by atoms with Gasteiger partial charge in [0.25, 0.3) is 0 Å². The molecule has 2 aromatic rings. The molecular formula is C22H26FN3O4S. The van der Waals surface area contributed by atoms with Crippen molar-refractivity contribution in [2.45, 2.75) is 41.3 Å². The number of ether oxygens (including phenoxy) is 1. The summed E-state index contributed by atoms with van der Waals surface area (Å²) >= 11 is 0. The molecule has 2 aliphatic rings. The minimum atomic E-state index is -3.87. The number of hydrogen-bond donors (Lipinski definition) is 3. The molecule has 0 spiro atoms. The van der Waals surface area contributed by atoms with E-state index >= 15 is 0 Å². The van der Waals surface area contributed by atoms with Crippen molar-refractivity contribution in [2.75, 3.05) is 20.2 Å². The van der Waals surface area contributed by atoms with Crippen LogP contribution in [0.4, 0.5) is 4.39 Å². The Kier molecular flexibility index (Phi) is 6.27. The number of amides is 1. The monoisotopic (exact) mass is 447 g/mol. The first-order valence-electron chi connectivity index (χ1n) is 10.3. The Morgan fingerprint density at radius 3 is 2.71 bits per heavy atom. The van der Waals surface area contributed by atoms with Crippen LogP contribution in [0.3, 0.4) is 0 Å². The van der Waals surface area contributed by atoms with Gasteiger partial charge in [0.15, 0.2) is 0 Å². The Hall–Kier alpha value is -2.49. The Balaban J connectivity index is 1.40. The van der Waals surface area contributed by atoms with Crippen LogP contribution in [0.1, 0.15) is 18.4 Å². The molecule has 0 aromatic heterocycles. The van der Waals surface area contributed by atoms with Gasteiger partial charge in [0.05, 0.1) is 18.0 Å². The molecule has 7 nitrogen and oxygen atoms in total. The summed E-state index contributed by atoms with van der Waals surface area (Å²) in [5.74, 6) is -0.176. The molecule has 1 amide bonds. The van der Waals surface area contributed by atoms with Gasteiger partial charge in [-0.15, -0.1) is 0 Å². The Morgan fingerprint density at radius 2 is 2.00 bits per heavy atom. The fourth-order valence-corrected chi connectivity index (χ4v) is 5.69. The highest BCUT2D eigenvalue weighted by atomic mass is 32.2. The number of benzene rings is 2. The molecule has 2 saturated heterocycles. The molecule has 31 heavy (non-hydrogen) atoms. The maximum Gasteiger partial charge on any atom is 0.237 e. The number of carbonyl (C=O) groups is 1. The van der Waals surface area contributed by atoms with Crippen molar-refractivity contribution in [3.05, 3.63) is 53.8 Å². The van der Waals surface area contributed by atoms with Gasteiger partial charge in [-0.25, -0.2) is 12.8 Å². The quantitative estimate of drug-likeness (QED) is 0.583. The van der Waals surface area contributed by atoms with E-state index in [1.54, 1.807) is 12.1 Å². The van der Waals surface area contributed by atoms with Gasteiger partial charge < -0.3 is 20.7 Å². The first-order valence-corrected chi connectivity index (χ1v) is 11.8. The topological polar surface area (TPSA) is 96.5 Å². The van der Waals surface area contributed by atoms with Gasteiger partial charge in [0.2, 0.25) is 15.7 Å². The van der Waals surface area contributed by atoms with Crippen molar-refractivity contribution in [2.24, 2.45) is 5.92 Å². The van der Waals surface area contributed by atoms with Crippen LogP contribution in [0.2, 0.25) is 0 Å². The number of hydrogen-bond acceptors (Lipinski definition) is 6. The third-order valence-corrected chi connectivity index (χ3v) is 7.80. The zero-order chi connectivity index (χ0) is 22.0. The molecule has 0 bridgehead atoms. The summed E-state index contributed by atoms with van der Waals surface area (Å²) in [7, 11) is -2.57. The number of methoxy groups -OCH3 is 1. The summed E-state index contributed by atoms with van der Waals surface area (Å²) in [6.45, 7) is 2.22. The predicted molar refractivity (Wildman–Crippen MR) is 113 cm³/mol. The summed E-state index contributed by atoms with van der Waals surface area (Å²) in [6.07, 6.45) is 1.85. The van der Waals surface area contributed by atoms with Crippen LogP contribution in [-0.2, 0) is 21.2 Å². The maximum absolute atomic E-state index is 13.4. The molecule has 166 valence electrons. The van der Waals surface area contributed by atoms with E-state index in [0.717, 1.165) is 43.6 Å². The van der Waals surface area contributed by atoms with Crippen molar-refractivity contribution >= 4 is 15.7 Å². The minimum absolute atomic E-state index is 0.0397. The fraction of sp³-hybridized carbons (Fsp3) is 0.409. The summed E-state index contributed by atoms with van der Waals surface area (Å²) in [5.41, 5.74) is 0.787. The second kappa shape index (κ2) is 8.94. The normalized spacial score (nSPS) is 23.2. The van der Waals surface area contributed by atoms with Gasteiger partial charge >= 0.3 is 0 Å². The van der Waals surface area contributed by atoms with E-state index < -0.39 is 15.7 Å². The van der Waals surface area contributed by atoms with Crippen LogP contribution in [0.5, 0.6) is 5.75 Å². The highest BCUT2D eigenvalue weighted by Gasteiger charge is 2.38. The number of piperidine rings is 1. The number of fused-ring (bicyclic) bond motifs is 1. The van der Waals surface area contributed by atoms with Crippen LogP contribution in [0.15, 0.2) is 52.3 Å². The van der Waals surface area contributed by atoms with Crippen LogP contribution in [0, 0.1) is 11.7 Å². The average Bonchev–Trinajstić information content (AvgIpc) is 3.22. The molecule has 2 aromatic carbocycles. The van der Waals surface area contributed by atoms with Gasteiger partial charge in [-0.3, -0.25) is 4.79 Å². The second-order valence-electron chi connectivity index (χ2n) is 7.97. The van der Waals surface area contributed by atoms with E-state index in [0.29, 0.717) is 18.5 Å². The van der Waals surface area contributed by atoms with Crippen LogP contribution in [0.25, 0.3) is 0 Å². The van der Waals surface area contributed by atoms with Gasteiger partial charge in [-0.1, -0.05) is 12.1 Å². The van der Waals surface area contributed by atoms with E-state index in [-0.39, 0.29) is 27.5 Å². The molecule has 2 heterocycles. The lowest BCUT2D eigenvalue weighted by molar-refractivity contribution is -0.123. The molecule has 3 unspecified atom stereocenters. The summed E-state index contributed by atoms with van der Waals surface area (Å²) in [4.78, 5) is 12.5. The Morgan fingerprint density at radius 1 is 1.23 bits per heavy atom. The lowest BCUT2D eigenvalue weighted by atomic mass is 9.94. The number of halogens is 1. The molecule has 2 fully saturated rings. The maximum atomic E-state index is 13.4. The number of rotatable bonds is 6. The molecule has 0 aliphatic carbocycles. The SMILES string of the molecule is COc1cc(F)ccc1S(=O)(=O)c1ccc(CNC(=O)C2CC3CNCCC3N2)cc1. The highest BCUT2D eigenvalue weighted by Crippen LogP contribution is 2.30. The molecular weight excluding hydrogens is 421 g/mol. The van der Waals surface area contributed by atoms with Gasteiger partial charge in [-0.05, 0) is 61.7 Å². The highest BCUT2D eigenvalue weighted by molar-refractivity contribution is 7.91. The van der Waals surface area contributed by atoms with Gasteiger partial charge in [-0.2, -0.15) is 0 Å². The van der Waals surface area contributed by atoms with E-state index in [9.17, 15) is 17.6 Å². The Bertz CT molecular complexity index is 1040. The van der Waals surface area contributed by atoms with Crippen molar-refractivity contribution in [1.82, 2.24) is 16.0 Å². The zero-order valence-electron chi connectivity index (χ0n) is 17.2. The van der Waals surface area contributed by atoms with Crippen LogP contribution >= 0.6 is 0 Å². The summed E-state index contributed by atoms with van der Waals surface area (Å²) in [5, 5.41) is 9.72. The van der Waals surface area contributed by atoms with Crippen molar-refractivity contribution in [3.63, 3.8) is 0 Å². The van der Waals surface area contributed by atoms with E-state index in [1.165, 1.54) is 25.3 Å². The molecule has 4 rings (SSSR count). The van der Waals surface area contributed by atoms with Crippen LogP contribution < -0.4 is 20.7 Å².